The third-order valence-electron chi connectivity index (χ3n) is 5.33. The molecule has 0 radical (unpaired) electrons. The lowest BCUT2D eigenvalue weighted by molar-refractivity contribution is -0.150. The van der Waals surface area contributed by atoms with Crippen LogP contribution in [0.15, 0.2) is 6.08 Å². The highest BCUT2D eigenvalue weighted by Gasteiger charge is 2.51. The SMILES string of the molecule is CC1=CC(=O)C2OC(=O)C(=O)c3c(O)c4c(c1c32)O[C@@H](C)C4(C)C. The molecular weight excluding hydrogens is 312 g/mol. The van der Waals surface area contributed by atoms with Crippen LogP contribution in [0.3, 0.4) is 0 Å². The maximum absolute atomic E-state index is 12.4. The molecule has 2 aliphatic heterocycles. The Balaban J connectivity index is 2.19. The van der Waals surface area contributed by atoms with Gasteiger partial charge in [-0.15, -0.1) is 0 Å². The molecule has 24 heavy (non-hydrogen) atoms. The highest BCUT2D eigenvalue weighted by atomic mass is 16.6. The third-order valence-corrected chi connectivity index (χ3v) is 5.33. The van der Waals surface area contributed by atoms with Crippen LogP contribution < -0.4 is 4.74 Å². The van der Waals surface area contributed by atoms with Crippen LogP contribution in [0.25, 0.3) is 5.57 Å². The van der Waals surface area contributed by atoms with Crippen molar-refractivity contribution in [2.75, 3.05) is 0 Å². The molecule has 6 heteroatoms. The third kappa shape index (κ3) is 1.53. The average molecular weight is 328 g/mol. The number of allylic oxidation sites excluding steroid dienone is 1. The van der Waals surface area contributed by atoms with E-state index in [1.54, 1.807) is 6.92 Å². The summed E-state index contributed by atoms with van der Waals surface area (Å²) in [5.74, 6) is -2.31. The van der Waals surface area contributed by atoms with Crippen molar-refractivity contribution in [3.63, 3.8) is 0 Å². The molecule has 0 amide bonds. The van der Waals surface area contributed by atoms with Gasteiger partial charge in [0.2, 0.25) is 5.78 Å². The molecule has 0 aromatic heterocycles. The van der Waals surface area contributed by atoms with Crippen LogP contribution in [-0.2, 0) is 19.7 Å². The Morgan fingerprint density at radius 2 is 1.79 bits per heavy atom. The summed E-state index contributed by atoms with van der Waals surface area (Å²) < 4.78 is 11.0. The normalized spacial score (nSPS) is 26.3. The van der Waals surface area contributed by atoms with Crippen LogP contribution in [-0.4, -0.2) is 28.7 Å². The first-order valence-electron chi connectivity index (χ1n) is 7.74. The average Bonchev–Trinajstić information content (AvgIpc) is 2.71. The van der Waals surface area contributed by atoms with Crippen molar-refractivity contribution >= 4 is 23.1 Å². The van der Waals surface area contributed by atoms with Crippen molar-refractivity contribution in [2.24, 2.45) is 0 Å². The summed E-state index contributed by atoms with van der Waals surface area (Å²) in [6.07, 6.45) is -0.0619. The van der Waals surface area contributed by atoms with Gasteiger partial charge in [-0.3, -0.25) is 9.59 Å². The number of aromatic hydroxyl groups is 1. The molecule has 0 fully saturated rings. The molecule has 1 unspecified atom stereocenters. The number of hydrogen-bond donors (Lipinski definition) is 1. The van der Waals surface area contributed by atoms with Gasteiger partial charge in [0.25, 0.3) is 5.78 Å². The molecule has 2 atom stereocenters. The second kappa shape index (κ2) is 4.26. The number of esters is 1. The molecule has 0 spiro atoms. The molecule has 1 aliphatic carbocycles. The van der Waals surface area contributed by atoms with Gasteiger partial charge in [0.1, 0.15) is 17.6 Å². The Morgan fingerprint density at radius 3 is 2.46 bits per heavy atom. The van der Waals surface area contributed by atoms with Crippen LogP contribution in [0.2, 0.25) is 0 Å². The van der Waals surface area contributed by atoms with Gasteiger partial charge in [-0.1, -0.05) is 13.8 Å². The van der Waals surface area contributed by atoms with Gasteiger partial charge in [-0.05, 0) is 25.5 Å². The van der Waals surface area contributed by atoms with Crippen molar-refractivity contribution in [2.45, 2.75) is 45.3 Å². The first-order chi connectivity index (χ1) is 11.2. The number of carbonyl (C=O) groups excluding carboxylic acids is 3. The number of phenols is 1. The second-order valence-electron chi connectivity index (χ2n) is 7.04. The van der Waals surface area contributed by atoms with E-state index in [1.165, 1.54) is 6.08 Å². The van der Waals surface area contributed by atoms with E-state index in [-0.39, 0.29) is 23.0 Å². The molecule has 1 aromatic carbocycles. The van der Waals surface area contributed by atoms with E-state index in [0.717, 1.165) is 0 Å². The van der Waals surface area contributed by atoms with Crippen LogP contribution in [0, 0.1) is 0 Å². The minimum absolute atomic E-state index is 0.128. The zero-order valence-electron chi connectivity index (χ0n) is 13.7. The molecule has 3 aliphatic rings. The summed E-state index contributed by atoms with van der Waals surface area (Å²) >= 11 is 0. The van der Waals surface area contributed by atoms with Gasteiger partial charge in [-0.2, -0.15) is 0 Å². The predicted molar refractivity (Wildman–Crippen MR) is 83.0 cm³/mol. The maximum atomic E-state index is 12.4. The van der Waals surface area contributed by atoms with E-state index in [4.69, 9.17) is 9.47 Å². The first kappa shape index (κ1) is 14.9. The van der Waals surface area contributed by atoms with Crippen molar-refractivity contribution in [3.8, 4) is 11.5 Å². The minimum Gasteiger partial charge on any atom is -0.507 e. The van der Waals surface area contributed by atoms with E-state index in [9.17, 15) is 19.5 Å². The quantitative estimate of drug-likeness (QED) is 0.580. The summed E-state index contributed by atoms with van der Waals surface area (Å²) in [6, 6.07) is 0. The topological polar surface area (TPSA) is 89.9 Å². The fourth-order valence-corrected chi connectivity index (χ4v) is 3.74. The molecule has 0 bridgehead atoms. The number of ketones is 2. The van der Waals surface area contributed by atoms with E-state index >= 15 is 0 Å². The minimum atomic E-state index is -1.21. The highest BCUT2D eigenvalue weighted by Crippen LogP contribution is 2.56. The number of ether oxygens (including phenoxy) is 2. The van der Waals surface area contributed by atoms with E-state index in [0.29, 0.717) is 22.4 Å². The van der Waals surface area contributed by atoms with Crippen molar-refractivity contribution in [1.82, 2.24) is 0 Å². The zero-order chi connectivity index (χ0) is 17.5. The van der Waals surface area contributed by atoms with Gasteiger partial charge < -0.3 is 14.6 Å². The first-order valence-corrected chi connectivity index (χ1v) is 7.74. The molecule has 124 valence electrons. The Morgan fingerprint density at radius 1 is 1.12 bits per heavy atom. The van der Waals surface area contributed by atoms with Gasteiger partial charge in [0, 0.05) is 22.1 Å². The smallest absolute Gasteiger partial charge is 0.380 e. The number of benzene rings is 1. The van der Waals surface area contributed by atoms with E-state index in [1.807, 2.05) is 20.8 Å². The lowest BCUT2D eigenvalue weighted by atomic mass is 9.74. The summed E-state index contributed by atoms with van der Waals surface area (Å²) in [7, 11) is 0. The van der Waals surface area contributed by atoms with Crippen LogP contribution in [0.1, 0.15) is 60.8 Å². The lowest BCUT2D eigenvalue weighted by Gasteiger charge is -2.31. The highest BCUT2D eigenvalue weighted by molar-refractivity contribution is 6.43. The van der Waals surface area contributed by atoms with Crippen molar-refractivity contribution in [1.29, 1.82) is 0 Å². The zero-order valence-corrected chi connectivity index (χ0v) is 13.7. The van der Waals surface area contributed by atoms with Gasteiger partial charge >= 0.3 is 5.97 Å². The Hall–Kier alpha value is -2.63. The van der Waals surface area contributed by atoms with Gasteiger partial charge in [0.15, 0.2) is 6.10 Å². The Bertz CT molecular complexity index is 890. The fourth-order valence-electron chi connectivity index (χ4n) is 3.74. The number of Topliss-reactive ketones (excluding diaryl/α,β-unsaturated/α-hetero) is 1. The number of phenolic OH excluding ortho intramolecular Hbond substituents is 1. The van der Waals surface area contributed by atoms with Gasteiger partial charge in [0.05, 0.1) is 5.56 Å². The molecule has 4 rings (SSSR count). The number of rotatable bonds is 0. The van der Waals surface area contributed by atoms with Gasteiger partial charge in [-0.25, -0.2) is 4.79 Å². The molecule has 1 aromatic rings. The fraction of sp³-hybridized carbons (Fsp3) is 0.389. The van der Waals surface area contributed by atoms with Crippen molar-refractivity contribution in [3.05, 3.63) is 28.3 Å². The largest absolute Gasteiger partial charge is 0.507 e. The number of hydrogen-bond acceptors (Lipinski definition) is 6. The van der Waals surface area contributed by atoms with Crippen LogP contribution in [0.5, 0.6) is 11.5 Å². The molecule has 2 heterocycles. The standard InChI is InChI=1S/C18H16O6/c1-6-5-8(19)15-10-9(6)16-12(18(3,4)7(2)23-16)13(20)11(10)14(21)17(22)24-15/h5,7,15,20H,1-4H3/t7-,15?/m0/s1. The summed E-state index contributed by atoms with van der Waals surface area (Å²) in [4.78, 5) is 36.5. The molecular formula is C18H16O6. The Labute approximate surface area is 138 Å². The molecule has 0 saturated carbocycles. The second-order valence-corrected chi connectivity index (χ2v) is 7.04. The van der Waals surface area contributed by atoms with Crippen molar-refractivity contribution < 1.29 is 29.0 Å². The Kier molecular flexibility index (Phi) is 2.65. The van der Waals surface area contributed by atoms with E-state index in [2.05, 4.69) is 0 Å². The molecule has 1 N–H and O–H groups in total. The lowest BCUT2D eigenvalue weighted by Crippen LogP contribution is -2.35. The predicted octanol–water partition coefficient (Wildman–Crippen LogP) is 2.22. The summed E-state index contributed by atoms with van der Waals surface area (Å²) in [6.45, 7) is 7.41. The summed E-state index contributed by atoms with van der Waals surface area (Å²) in [5, 5.41) is 10.8. The monoisotopic (exact) mass is 328 g/mol. The maximum Gasteiger partial charge on any atom is 0.380 e. The number of fused-ring (bicyclic) bond motifs is 2. The number of carbonyl (C=O) groups is 3. The van der Waals surface area contributed by atoms with Crippen LogP contribution in [0.4, 0.5) is 0 Å². The molecule has 6 nitrogen and oxygen atoms in total. The summed E-state index contributed by atoms with van der Waals surface area (Å²) in [5.41, 5.74) is 1.25. The van der Waals surface area contributed by atoms with Crippen LogP contribution >= 0.6 is 0 Å². The van der Waals surface area contributed by atoms with E-state index < -0.39 is 29.1 Å². The molecule has 0 saturated heterocycles.